The standard InChI is InChI=1S/C23H32B2N10O18P4/c1-32-5-34(16-10(32)18(40)30-22(26)28-16)20-14(38)12(36)8(50-20)3-48-56(24,46)52-54(42,43)7-55(44,45)53-57(25,47)49-4-9-13(37)15(39)21(51-9)35-6-33(2)11-17(35)29-23(27)31-19(11)41/h5-6,8-9,12-15,20-21,36-39H,3-4,7H2,1-2H3,(H6-2,26,27,28,29,30,31,40,41,42,43,44,45)/p+2/t8-,9-,12-,13-,14-,15-,20-,21-,56?,57?/m1/s1. The lowest BCUT2D eigenvalue weighted by Gasteiger charge is -2.33. The number of aliphatic hydroxyl groups is 4. The van der Waals surface area contributed by atoms with Gasteiger partial charge in [0.05, 0.1) is 14.1 Å². The summed E-state index contributed by atoms with van der Waals surface area (Å²) in [6.07, 6.45) is -10.3. The van der Waals surface area contributed by atoms with Crippen molar-refractivity contribution >= 4 is 80.9 Å². The third kappa shape index (κ3) is 9.31. The highest BCUT2D eigenvalue weighted by Crippen LogP contribution is 2.74. The lowest BCUT2D eigenvalue weighted by Crippen LogP contribution is -2.46. The molecule has 0 bridgehead atoms. The van der Waals surface area contributed by atoms with E-state index < -0.39 is 111 Å². The van der Waals surface area contributed by atoms with Crippen molar-refractivity contribution in [2.24, 2.45) is 14.1 Å². The third-order valence-electron chi connectivity index (χ3n) is 8.48. The Labute approximate surface area is 322 Å². The number of aryl methyl sites for hydroxylation is 2. The Morgan fingerprint density at radius 2 is 1.11 bits per heavy atom. The van der Waals surface area contributed by atoms with Crippen molar-refractivity contribution < 1.29 is 86.1 Å². The molecule has 57 heavy (non-hydrogen) atoms. The minimum absolute atomic E-state index is 0.0205. The highest BCUT2D eigenvalue weighted by atomic mass is 31.3. The molecule has 4 radical (unpaired) electrons. The normalized spacial score (nSPS) is 29.7. The van der Waals surface area contributed by atoms with Crippen molar-refractivity contribution in [3.8, 4) is 0 Å². The summed E-state index contributed by atoms with van der Waals surface area (Å²) < 4.78 is 34.8. The van der Waals surface area contributed by atoms with E-state index in [1.165, 1.54) is 45.0 Å². The van der Waals surface area contributed by atoms with Gasteiger partial charge in [0.15, 0.2) is 12.7 Å². The van der Waals surface area contributed by atoms with Crippen LogP contribution in [0, 0.1) is 0 Å². The molecular formula is C23H34B2N10O18P4+2. The molecule has 4 aromatic heterocycles. The number of hydrogen-bond acceptors (Lipinski definition) is 22. The second-order valence-electron chi connectivity index (χ2n) is 12.9. The number of nitrogens with one attached hydrogen (secondary N) is 2. The maximum absolute atomic E-state index is 12.8. The Morgan fingerprint density at radius 3 is 1.46 bits per heavy atom. The summed E-state index contributed by atoms with van der Waals surface area (Å²) in [6, 6.07) is 0. The van der Waals surface area contributed by atoms with Crippen molar-refractivity contribution in [1.29, 1.82) is 0 Å². The fourth-order valence-corrected chi connectivity index (χ4v) is 13.2. The minimum atomic E-state index is -5.57. The van der Waals surface area contributed by atoms with Crippen LogP contribution in [0.2, 0.25) is 0 Å². The smallest absolute Gasteiger partial charge is 0.443 e. The number of nitrogens with zero attached hydrogens (tertiary/aromatic N) is 6. The van der Waals surface area contributed by atoms with Crippen LogP contribution in [-0.4, -0.2) is 130 Å². The van der Waals surface area contributed by atoms with E-state index in [0.29, 0.717) is 0 Å². The molecule has 2 saturated heterocycles. The maximum Gasteiger partial charge on any atom is 0.443 e. The minimum Gasteiger partial charge on any atom is -0.643 e. The number of aromatic amines is 2. The van der Waals surface area contributed by atoms with Gasteiger partial charge < -0.3 is 60.9 Å². The molecule has 0 saturated carbocycles. The highest BCUT2D eigenvalue weighted by Gasteiger charge is 2.55. The molecule has 12 atom stereocenters. The molecule has 34 heteroatoms. The predicted molar refractivity (Wildman–Crippen MR) is 186 cm³/mol. The molecule has 4 unspecified atom stereocenters. The number of H-pyrrole nitrogens is 2. The number of hydrogen-bond donors (Lipinski definition) is 10. The molecule has 4 aromatic rings. The van der Waals surface area contributed by atoms with Gasteiger partial charge in [-0.05, 0) is 0 Å². The first-order valence-electron chi connectivity index (χ1n) is 16.0. The summed E-state index contributed by atoms with van der Waals surface area (Å²) in [7, 11) is -7.71. The summed E-state index contributed by atoms with van der Waals surface area (Å²) in [4.78, 5) is 109. The zero-order valence-electron chi connectivity index (χ0n) is 29.3. The lowest BCUT2D eigenvalue weighted by molar-refractivity contribution is -0.746. The van der Waals surface area contributed by atoms with Gasteiger partial charge in [0, 0.05) is 0 Å². The SMILES string of the molecule is [B][P+]([O-])(OC[C@H]1O[C@@H]([n+]2cn(C)c3c(=O)[nH]c(N)nc32)[C@H](O)[C@@H]1O)O[P+]([O-])(O)C[P+]([O-])(O)O[P+]([B])([O-])OC[C@H]1O[C@@H]([n+]2cn(C)c3c(=O)[nH]c(N)nc32)[C@H](O)[C@@H]1O. The maximum atomic E-state index is 12.8. The van der Waals surface area contributed by atoms with Crippen molar-refractivity contribution in [3.63, 3.8) is 0 Å². The molecule has 0 amide bonds. The molecule has 0 aliphatic carbocycles. The summed E-state index contributed by atoms with van der Waals surface area (Å²) in [5.74, 6) is -2.47. The molecule has 12 N–H and O–H groups in total. The molecule has 6 rings (SSSR count). The van der Waals surface area contributed by atoms with Gasteiger partial charge in [-0.3, -0.25) is 28.7 Å². The Bertz CT molecular complexity index is 2110. The van der Waals surface area contributed by atoms with Gasteiger partial charge in [0.2, 0.25) is 39.1 Å². The van der Waals surface area contributed by atoms with Crippen LogP contribution >= 0.6 is 31.5 Å². The first kappa shape index (κ1) is 44.1. The topological polar surface area (TPSA) is 430 Å². The zero-order chi connectivity index (χ0) is 42.2. The lowest BCUT2D eigenvalue weighted by atomic mass is 10.1. The van der Waals surface area contributed by atoms with Crippen molar-refractivity contribution in [2.45, 2.75) is 49.1 Å². The molecule has 6 heterocycles. The van der Waals surface area contributed by atoms with Gasteiger partial charge in [-0.2, -0.15) is 0 Å². The van der Waals surface area contributed by atoms with Crippen molar-refractivity contribution in [1.82, 2.24) is 29.1 Å². The summed E-state index contributed by atoms with van der Waals surface area (Å²) in [6.45, 7) is -1.93. The Morgan fingerprint density at radius 1 is 0.754 bits per heavy atom. The average molecular weight is 884 g/mol. The molecule has 2 fully saturated rings. The Hall–Kier alpha value is -2.49. The van der Waals surface area contributed by atoms with Gasteiger partial charge in [-0.15, -0.1) is 0 Å². The van der Waals surface area contributed by atoms with Crippen LogP contribution in [0.15, 0.2) is 22.2 Å². The zero-order valence-corrected chi connectivity index (χ0v) is 32.8. The van der Waals surface area contributed by atoms with Gasteiger partial charge in [-0.1, -0.05) is 18.6 Å². The first-order valence-corrected chi connectivity index (χ1v) is 22.7. The fraction of sp³-hybridized carbons (Fsp3) is 0.565. The van der Waals surface area contributed by atoms with Crippen LogP contribution in [0.1, 0.15) is 12.5 Å². The Balaban J connectivity index is 1.03. The molecule has 28 nitrogen and oxygen atoms in total. The van der Waals surface area contributed by atoms with Gasteiger partial charge in [0.25, 0.3) is 28.9 Å². The monoisotopic (exact) mass is 884 g/mol. The molecule has 2 aliphatic heterocycles. The van der Waals surface area contributed by atoms with Gasteiger partial charge >= 0.3 is 42.3 Å². The van der Waals surface area contributed by atoms with E-state index in [1.54, 1.807) is 0 Å². The van der Waals surface area contributed by atoms with E-state index in [1.807, 2.05) is 0 Å². The van der Waals surface area contributed by atoms with Crippen LogP contribution in [0.3, 0.4) is 0 Å². The number of ether oxygens (including phenoxy) is 2. The van der Waals surface area contributed by atoms with Crippen molar-refractivity contribution in [2.75, 3.05) is 30.6 Å². The number of aromatic nitrogens is 8. The molecule has 2 aliphatic rings. The molecule has 0 aromatic carbocycles. The number of anilines is 2. The van der Waals surface area contributed by atoms with Crippen LogP contribution in [0.5, 0.6) is 0 Å². The second-order valence-corrected chi connectivity index (χ2v) is 20.5. The molecular weight excluding hydrogens is 850 g/mol. The number of rotatable bonds is 14. The van der Waals surface area contributed by atoms with E-state index in [4.69, 9.17) is 45.1 Å². The van der Waals surface area contributed by atoms with E-state index in [9.17, 15) is 59.4 Å². The quantitative estimate of drug-likeness (QED) is 0.0319. The number of aliphatic hydroxyl groups excluding tert-OH is 4. The van der Waals surface area contributed by atoms with Crippen LogP contribution < -0.4 is 51.3 Å². The van der Waals surface area contributed by atoms with Gasteiger partial charge in [-0.25, -0.2) is 28.0 Å². The number of imidazole rings is 2. The number of nitrogen functional groups attached to an aromatic ring is 2. The van der Waals surface area contributed by atoms with E-state index in [0.717, 1.165) is 0 Å². The van der Waals surface area contributed by atoms with Crippen LogP contribution in [0.25, 0.3) is 22.3 Å². The van der Waals surface area contributed by atoms with E-state index >= 15 is 0 Å². The highest BCUT2D eigenvalue weighted by molar-refractivity contribution is 7.92. The molecule has 0 spiro atoms. The van der Waals surface area contributed by atoms with Crippen molar-refractivity contribution in [3.05, 3.63) is 33.4 Å². The first-order chi connectivity index (χ1) is 26.3. The predicted octanol–water partition coefficient (Wildman–Crippen LogP) is -8.82. The average Bonchev–Trinajstić information content (AvgIpc) is 3.74. The van der Waals surface area contributed by atoms with Gasteiger partial charge in [0.1, 0.15) is 49.8 Å². The fourth-order valence-electron chi connectivity index (χ4n) is 6.14. The number of fused-ring (bicyclic) bond motifs is 2. The summed E-state index contributed by atoms with van der Waals surface area (Å²) in [5.41, 5.74) is 9.94. The Kier molecular flexibility index (Phi) is 12.2. The second kappa shape index (κ2) is 15.8. The number of nitrogens with two attached hydrogens (primary N) is 2. The van der Waals surface area contributed by atoms with Crippen LogP contribution in [0.4, 0.5) is 11.9 Å². The van der Waals surface area contributed by atoms with E-state index in [2.05, 4.69) is 28.6 Å². The van der Waals surface area contributed by atoms with Crippen LogP contribution in [-0.2, 0) is 41.2 Å². The summed E-state index contributed by atoms with van der Waals surface area (Å²) in [5, 5.41) is 42.5. The molecule has 308 valence electrons. The summed E-state index contributed by atoms with van der Waals surface area (Å²) >= 11 is 0. The largest absolute Gasteiger partial charge is 0.643 e. The van der Waals surface area contributed by atoms with E-state index in [-0.39, 0.29) is 34.2 Å². The third-order valence-corrected chi connectivity index (χ3v) is 16.2.